The Labute approximate surface area is 159 Å². The van der Waals surface area contributed by atoms with E-state index in [1.165, 1.54) is 0 Å². The molecule has 3 aromatic rings. The van der Waals surface area contributed by atoms with Crippen molar-refractivity contribution in [2.75, 3.05) is 0 Å². The molecule has 4 heteroatoms. The van der Waals surface area contributed by atoms with Crippen molar-refractivity contribution < 1.29 is 14.6 Å². The van der Waals surface area contributed by atoms with Crippen LogP contribution in [0.2, 0.25) is 0 Å². The summed E-state index contributed by atoms with van der Waals surface area (Å²) in [6, 6.07) is 23.6. The van der Waals surface area contributed by atoms with E-state index in [-0.39, 0.29) is 0 Å². The molecular formula is C23H23NO3. The fraction of sp³-hybridized carbons (Fsp3) is 0.174. The summed E-state index contributed by atoms with van der Waals surface area (Å²) in [7, 11) is 0. The molecule has 0 radical (unpaired) electrons. The number of para-hydroxylation sites is 1. The molecule has 0 amide bonds. The van der Waals surface area contributed by atoms with E-state index in [0.29, 0.717) is 24.5 Å². The van der Waals surface area contributed by atoms with Gasteiger partial charge in [-0.3, -0.25) is 4.79 Å². The van der Waals surface area contributed by atoms with E-state index in [0.717, 1.165) is 22.3 Å². The Morgan fingerprint density at radius 1 is 0.963 bits per heavy atom. The topological polar surface area (TPSA) is 72.5 Å². The van der Waals surface area contributed by atoms with Crippen LogP contribution in [0.15, 0.2) is 72.8 Å². The lowest BCUT2D eigenvalue weighted by atomic mass is 10.00. The summed E-state index contributed by atoms with van der Waals surface area (Å²) in [5.74, 6) is -0.887. The second-order valence-corrected chi connectivity index (χ2v) is 6.49. The van der Waals surface area contributed by atoms with Crippen LogP contribution in [-0.4, -0.2) is 11.1 Å². The van der Waals surface area contributed by atoms with Gasteiger partial charge in [0.1, 0.15) is 12.4 Å². The maximum Gasteiger partial charge on any atom is 0.310 e. The van der Waals surface area contributed by atoms with Crippen LogP contribution in [-0.2, 0) is 17.9 Å². The van der Waals surface area contributed by atoms with Crippen LogP contribution in [0, 0.1) is 0 Å². The average Bonchev–Trinajstić information content (AvgIpc) is 2.72. The van der Waals surface area contributed by atoms with Gasteiger partial charge in [-0.2, -0.15) is 0 Å². The molecule has 0 aliphatic rings. The molecule has 3 rings (SSSR count). The molecule has 27 heavy (non-hydrogen) atoms. The molecular weight excluding hydrogens is 338 g/mol. The van der Waals surface area contributed by atoms with Gasteiger partial charge in [0.25, 0.3) is 0 Å². The summed E-state index contributed by atoms with van der Waals surface area (Å²) >= 11 is 0. The van der Waals surface area contributed by atoms with E-state index in [9.17, 15) is 9.90 Å². The number of rotatable bonds is 7. The number of hydrogen-bond acceptors (Lipinski definition) is 3. The Kier molecular flexibility index (Phi) is 5.89. The maximum absolute atomic E-state index is 11.3. The van der Waals surface area contributed by atoms with Crippen molar-refractivity contribution in [3.8, 4) is 16.9 Å². The van der Waals surface area contributed by atoms with E-state index in [2.05, 4.69) is 24.3 Å². The third kappa shape index (κ3) is 4.54. The monoisotopic (exact) mass is 361 g/mol. The van der Waals surface area contributed by atoms with E-state index in [4.69, 9.17) is 10.5 Å². The Balaban J connectivity index is 1.79. The minimum atomic E-state index is -0.868. The van der Waals surface area contributed by atoms with Gasteiger partial charge >= 0.3 is 5.97 Å². The van der Waals surface area contributed by atoms with Crippen LogP contribution >= 0.6 is 0 Å². The van der Waals surface area contributed by atoms with Crippen LogP contribution in [0.5, 0.6) is 5.75 Å². The third-order valence-corrected chi connectivity index (χ3v) is 4.57. The third-order valence-electron chi connectivity index (χ3n) is 4.57. The van der Waals surface area contributed by atoms with Gasteiger partial charge < -0.3 is 15.6 Å². The highest BCUT2D eigenvalue weighted by Crippen LogP contribution is 2.28. The van der Waals surface area contributed by atoms with E-state index >= 15 is 0 Å². The number of ether oxygens (including phenoxy) is 1. The van der Waals surface area contributed by atoms with Crippen LogP contribution in [0.4, 0.5) is 0 Å². The summed E-state index contributed by atoms with van der Waals surface area (Å²) < 4.78 is 5.95. The smallest absolute Gasteiger partial charge is 0.310 e. The van der Waals surface area contributed by atoms with Crippen molar-refractivity contribution in [2.24, 2.45) is 5.73 Å². The van der Waals surface area contributed by atoms with Gasteiger partial charge in [-0.1, -0.05) is 54.6 Å². The number of benzene rings is 3. The minimum absolute atomic E-state index is 0.369. The van der Waals surface area contributed by atoms with Gasteiger partial charge in [0.2, 0.25) is 0 Å². The SMILES string of the molecule is C[C@@H](C(=O)O)c1ccccc1OCc1cccc(-c2cccc(CN)c2)c1. The fourth-order valence-corrected chi connectivity index (χ4v) is 2.98. The van der Waals surface area contributed by atoms with Crippen molar-refractivity contribution in [3.63, 3.8) is 0 Å². The molecule has 138 valence electrons. The minimum Gasteiger partial charge on any atom is -0.489 e. The molecule has 4 nitrogen and oxygen atoms in total. The van der Waals surface area contributed by atoms with Gasteiger partial charge in [-0.25, -0.2) is 0 Å². The van der Waals surface area contributed by atoms with Crippen LogP contribution in [0.3, 0.4) is 0 Å². The Morgan fingerprint density at radius 2 is 1.59 bits per heavy atom. The Hall–Kier alpha value is -3.11. The first-order chi connectivity index (χ1) is 13.1. The lowest BCUT2D eigenvalue weighted by Gasteiger charge is -2.14. The standard InChI is InChI=1S/C23H23NO3/c1-16(23(25)26)21-10-2-3-11-22(21)27-15-18-7-5-9-20(13-18)19-8-4-6-17(12-19)14-24/h2-13,16H,14-15,24H2,1H3,(H,25,26)/t16-/m1/s1. The number of aliphatic carboxylic acids is 1. The molecule has 0 aliphatic heterocycles. The van der Waals surface area contributed by atoms with Gasteiger partial charge in [-0.05, 0) is 47.4 Å². The fourth-order valence-electron chi connectivity index (χ4n) is 2.98. The first kappa shape index (κ1) is 18.7. The molecule has 0 spiro atoms. The number of hydrogen-bond donors (Lipinski definition) is 2. The number of nitrogens with two attached hydrogens (primary N) is 1. The normalized spacial score (nSPS) is 11.8. The van der Waals surface area contributed by atoms with Gasteiger partial charge in [-0.15, -0.1) is 0 Å². The first-order valence-electron chi connectivity index (χ1n) is 8.91. The molecule has 3 aromatic carbocycles. The summed E-state index contributed by atoms with van der Waals surface area (Å²) in [5.41, 5.74) is 10.7. The summed E-state index contributed by atoms with van der Waals surface area (Å²) in [4.78, 5) is 11.3. The average molecular weight is 361 g/mol. The summed E-state index contributed by atoms with van der Waals surface area (Å²) in [5, 5.41) is 9.29. The molecule has 0 heterocycles. The molecule has 3 N–H and O–H groups in total. The largest absolute Gasteiger partial charge is 0.489 e. The highest BCUT2D eigenvalue weighted by molar-refractivity contribution is 5.76. The van der Waals surface area contributed by atoms with Crippen molar-refractivity contribution in [2.45, 2.75) is 26.0 Å². The zero-order chi connectivity index (χ0) is 19.2. The van der Waals surface area contributed by atoms with E-state index < -0.39 is 11.9 Å². The molecule has 0 saturated heterocycles. The molecule has 0 fully saturated rings. The van der Waals surface area contributed by atoms with Crippen molar-refractivity contribution in [3.05, 3.63) is 89.5 Å². The first-order valence-corrected chi connectivity index (χ1v) is 8.91. The maximum atomic E-state index is 11.3. The predicted octanol–water partition coefficient (Wildman–Crippen LogP) is 4.58. The van der Waals surface area contributed by atoms with E-state index in [1.54, 1.807) is 13.0 Å². The zero-order valence-electron chi connectivity index (χ0n) is 15.3. The predicted molar refractivity (Wildman–Crippen MR) is 107 cm³/mol. The second kappa shape index (κ2) is 8.52. The lowest BCUT2D eigenvalue weighted by Crippen LogP contribution is -2.09. The van der Waals surface area contributed by atoms with Crippen molar-refractivity contribution in [1.82, 2.24) is 0 Å². The Bertz CT molecular complexity index is 936. The lowest BCUT2D eigenvalue weighted by molar-refractivity contribution is -0.138. The molecule has 0 bridgehead atoms. The number of carboxylic acid groups (broad SMARTS) is 1. The molecule has 0 unspecified atom stereocenters. The van der Waals surface area contributed by atoms with Crippen LogP contribution in [0.1, 0.15) is 29.5 Å². The van der Waals surface area contributed by atoms with Crippen LogP contribution < -0.4 is 10.5 Å². The van der Waals surface area contributed by atoms with Gasteiger partial charge in [0.15, 0.2) is 0 Å². The second-order valence-electron chi connectivity index (χ2n) is 6.49. The highest BCUT2D eigenvalue weighted by atomic mass is 16.5. The zero-order valence-corrected chi connectivity index (χ0v) is 15.3. The quantitative estimate of drug-likeness (QED) is 0.646. The molecule has 0 aromatic heterocycles. The molecule has 1 atom stereocenters. The van der Waals surface area contributed by atoms with Gasteiger partial charge in [0, 0.05) is 12.1 Å². The summed E-state index contributed by atoms with van der Waals surface area (Å²) in [6.07, 6.45) is 0. The Morgan fingerprint density at radius 3 is 2.26 bits per heavy atom. The van der Waals surface area contributed by atoms with Crippen molar-refractivity contribution >= 4 is 5.97 Å². The highest BCUT2D eigenvalue weighted by Gasteiger charge is 2.18. The van der Waals surface area contributed by atoms with Crippen molar-refractivity contribution in [1.29, 1.82) is 0 Å². The van der Waals surface area contributed by atoms with Crippen LogP contribution in [0.25, 0.3) is 11.1 Å². The number of carbonyl (C=O) groups is 1. The van der Waals surface area contributed by atoms with E-state index in [1.807, 2.05) is 42.5 Å². The van der Waals surface area contributed by atoms with Gasteiger partial charge in [0.05, 0.1) is 5.92 Å². The molecule has 0 saturated carbocycles. The number of carboxylic acids is 1. The molecule has 0 aliphatic carbocycles. The summed E-state index contributed by atoms with van der Waals surface area (Å²) in [6.45, 7) is 2.54.